The molecule has 5 nitrogen and oxygen atoms in total. The fourth-order valence-corrected chi connectivity index (χ4v) is 2.70. The van der Waals surface area contributed by atoms with Gasteiger partial charge in [0.2, 0.25) is 0 Å². The second-order valence-corrected chi connectivity index (χ2v) is 5.55. The van der Waals surface area contributed by atoms with Crippen LogP contribution in [0.15, 0.2) is 18.3 Å². The monoisotopic (exact) mass is 290 g/mol. The number of amides is 1. The van der Waals surface area contributed by atoms with Gasteiger partial charge in [0, 0.05) is 24.8 Å². The molecule has 0 atom stereocenters. The highest BCUT2D eigenvalue weighted by atomic mass is 16.1. The summed E-state index contributed by atoms with van der Waals surface area (Å²) in [4.78, 5) is 18.8. The minimum atomic E-state index is -0.00512. The van der Waals surface area contributed by atoms with Gasteiger partial charge < -0.3 is 15.5 Å². The Morgan fingerprint density at radius 2 is 2.14 bits per heavy atom. The van der Waals surface area contributed by atoms with Gasteiger partial charge in [-0.05, 0) is 57.5 Å². The Bertz CT molecular complexity index is 455. The summed E-state index contributed by atoms with van der Waals surface area (Å²) in [6.07, 6.45) is 4.02. The van der Waals surface area contributed by atoms with Crippen LogP contribution in [0.5, 0.6) is 0 Å². The van der Waals surface area contributed by atoms with Gasteiger partial charge >= 0.3 is 0 Å². The lowest BCUT2D eigenvalue weighted by atomic mass is 9.97. The van der Waals surface area contributed by atoms with Gasteiger partial charge in [-0.1, -0.05) is 6.92 Å². The Hall–Kier alpha value is -1.62. The summed E-state index contributed by atoms with van der Waals surface area (Å²) in [7, 11) is 0. The van der Waals surface area contributed by atoms with Gasteiger partial charge in [0.15, 0.2) is 0 Å². The minimum Gasteiger partial charge on any atom is -0.370 e. The lowest BCUT2D eigenvalue weighted by Crippen LogP contribution is -2.38. The normalized spacial score (nSPS) is 16.7. The summed E-state index contributed by atoms with van der Waals surface area (Å²) in [6.45, 7) is 9.21. The summed E-state index contributed by atoms with van der Waals surface area (Å²) in [5.41, 5.74) is 0.673. The highest BCUT2D eigenvalue weighted by Gasteiger charge is 2.18. The minimum absolute atomic E-state index is 0.00512. The molecule has 1 fully saturated rings. The topological polar surface area (TPSA) is 57.3 Å². The van der Waals surface area contributed by atoms with E-state index in [0.717, 1.165) is 38.5 Å². The third-order valence-corrected chi connectivity index (χ3v) is 4.09. The van der Waals surface area contributed by atoms with Crippen LogP contribution in [0, 0.1) is 5.92 Å². The van der Waals surface area contributed by atoms with Gasteiger partial charge in [-0.3, -0.25) is 4.79 Å². The SMILES string of the molecule is CCNc1cc(C(=O)NCC2CCN(CC)CC2)ccn1. The molecule has 21 heavy (non-hydrogen) atoms. The number of carbonyl (C=O) groups excluding carboxylic acids is 1. The van der Waals surface area contributed by atoms with E-state index in [0.29, 0.717) is 11.5 Å². The number of pyridine rings is 1. The molecular weight excluding hydrogens is 264 g/mol. The van der Waals surface area contributed by atoms with Crippen molar-refractivity contribution in [3.8, 4) is 0 Å². The lowest BCUT2D eigenvalue weighted by Gasteiger charge is -2.31. The van der Waals surface area contributed by atoms with Crippen molar-refractivity contribution in [1.82, 2.24) is 15.2 Å². The number of piperidine rings is 1. The van der Waals surface area contributed by atoms with Crippen LogP contribution in [-0.2, 0) is 0 Å². The Morgan fingerprint density at radius 1 is 1.38 bits per heavy atom. The molecule has 0 spiro atoms. The zero-order valence-corrected chi connectivity index (χ0v) is 13.1. The van der Waals surface area contributed by atoms with Crippen molar-refractivity contribution >= 4 is 11.7 Å². The molecule has 1 aliphatic heterocycles. The van der Waals surface area contributed by atoms with Gasteiger partial charge in [0.25, 0.3) is 5.91 Å². The van der Waals surface area contributed by atoms with E-state index in [9.17, 15) is 4.79 Å². The molecule has 2 N–H and O–H groups in total. The van der Waals surface area contributed by atoms with Gasteiger partial charge in [-0.15, -0.1) is 0 Å². The molecule has 5 heteroatoms. The number of likely N-dealkylation sites (tertiary alicyclic amines) is 1. The van der Waals surface area contributed by atoms with E-state index >= 15 is 0 Å². The Kier molecular flexibility index (Phi) is 5.99. The number of carbonyl (C=O) groups is 1. The second kappa shape index (κ2) is 7.98. The first kappa shape index (κ1) is 15.8. The van der Waals surface area contributed by atoms with Crippen molar-refractivity contribution in [3.05, 3.63) is 23.9 Å². The molecule has 1 aromatic rings. The first-order valence-electron chi connectivity index (χ1n) is 7.93. The molecular formula is C16H26N4O. The molecule has 0 aromatic carbocycles. The number of hydrogen-bond donors (Lipinski definition) is 2. The number of anilines is 1. The maximum atomic E-state index is 12.2. The van der Waals surface area contributed by atoms with Crippen molar-refractivity contribution in [1.29, 1.82) is 0 Å². The summed E-state index contributed by atoms with van der Waals surface area (Å²) in [5, 5.41) is 6.18. The first-order chi connectivity index (χ1) is 10.2. The summed E-state index contributed by atoms with van der Waals surface area (Å²) < 4.78 is 0. The maximum Gasteiger partial charge on any atom is 0.251 e. The molecule has 116 valence electrons. The van der Waals surface area contributed by atoms with E-state index in [1.807, 2.05) is 6.92 Å². The predicted octanol–water partition coefficient (Wildman–Crippen LogP) is 1.98. The van der Waals surface area contributed by atoms with Crippen LogP contribution in [0.3, 0.4) is 0 Å². The fraction of sp³-hybridized carbons (Fsp3) is 0.625. The van der Waals surface area contributed by atoms with Crippen molar-refractivity contribution in [2.45, 2.75) is 26.7 Å². The predicted molar refractivity (Wildman–Crippen MR) is 85.6 cm³/mol. The van der Waals surface area contributed by atoms with Crippen LogP contribution < -0.4 is 10.6 Å². The molecule has 0 saturated carbocycles. The number of nitrogens with one attached hydrogen (secondary N) is 2. The highest BCUT2D eigenvalue weighted by molar-refractivity contribution is 5.94. The largest absolute Gasteiger partial charge is 0.370 e. The van der Waals surface area contributed by atoms with Crippen LogP contribution in [0.4, 0.5) is 5.82 Å². The van der Waals surface area contributed by atoms with Gasteiger partial charge in [-0.25, -0.2) is 4.98 Å². The quantitative estimate of drug-likeness (QED) is 0.841. The van der Waals surface area contributed by atoms with Crippen molar-refractivity contribution < 1.29 is 4.79 Å². The standard InChI is InChI=1S/C16H26N4O/c1-3-17-15-11-14(5-8-18-15)16(21)19-12-13-6-9-20(4-2)10-7-13/h5,8,11,13H,3-4,6-7,9-10,12H2,1-2H3,(H,17,18)(H,19,21). The van der Waals surface area contributed by atoms with Crippen LogP contribution >= 0.6 is 0 Å². The summed E-state index contributed by atoms with van der Waals surface area (Å²) in [5.74, 6) is 1.35. The highest BCUT2D eigenvalue weighted by Crippen LogP contribution is 2.16. The van der Waals surface area contributed by atoms with E-state index in [1.165, 1.54) is 12.8 Å². The molecule has 0 aliphatic carbocycles. The zero-order chi connectivity index (χ0) is 15.1. The Morgan fingerprint density at radius 3 is 2.81 bits per heavy atom. The first-order valence-corrected chi connectivity index (χ1v) is 7.93. The average Bonchev–Trinajstić information content (AvgIpc) is 2.53. The molecule has 1 saturated heterocycles. The molecule has 1 aromatic heterocycles. The fourth-order valence-electron chi connectivity index (χ4n) is 2.70. The molecule has 0 radical (unpaired) electrons. The maximum absolute atomic E-state index is 12.2. The Labute approximate surface area is 127 Å². The molecule has 1 aliphatic rings. The van der Waals surface area contributed by atoms with Crippen molar-refractivity contribution in [2.24, 2.45) is 5.92 Å². The van der Waals surface area contributed by atoms with E-state index in [2.05, 4.69) is 27.4 Å². The van der Waals surface area contributed by atoms with Gasteiger partial charge in [0.1, 0.15) is 5.82 Å². The number of hydrogen-bond acceptors (Lipinski definition) is 4. The molecule has 2 heterocycles. The third-order valence-electron chi connectivity index (χ3n) is 4.09. The lowest BCUT2D eigenvalue weighted by molar-refractivity contribution is 0.0937. The third kappa shape index (κ3) is 4.70. The average molecular weight is 290 g/mol. The van der Waals surface area contributed by atoms with Gasteiger partial charge in [0.05, 0.1) is 0 Å². The zero-order valence-electron chi connectivity index (χ0n) is 13.1. The Balaban J connectivity index is 1.80. The van der Waals surface area contributed by atoms with Crippen LogP contribution in [0.25, 0.3) is 0 Å². The van der Waals surface area contributed by atoms with Crippen LogP contribution in [0.2, 0.25) is 0 Å². The van der Waals surface area contributed by atoms with E-state index < -0.39 is 0 Å². The number of aromatic nitrogens is 1. The van der Waals surface area contributed by atoms with E-state index in [-0.39, 0.29) is 5.91 Å². The molecule has 0 bridgehead atoms. The number of rotatable bonds is 6. The van der Waals surface area contributed by atoms with Crippen molar-refractivity contribution in [2.75, 3.05) is 38.0 Å². The summed E-state index contributed by atoms with van der Waals surface area (Å²) in [6, 6.07) is 3.56. The smallest absolute Gasteiger partial charge is 0.251 e. The molecule has 2 rings (SSSR count). The molecule has 0 unspecified atom stereocenters. The van der Waals surface area contributed by atoms with Crippen LogP contribution in [0.1, 0.15) is 37.0 Å². The summed E-state index contributed by atoms with van der Waals surface area (Å²) >= 11 is 0. The van der Waals surface area contributed by atoms with Gasteiger partial charge in [-0.2, -0.15) is 0 Å². The van der Waals surface area contributed by atoms with E-state index in [1.54, 1.807) is 18.3 Å². The molecule has 1 amide bonds. The number of nitrogens with zero attached hydrogens (tertiary/aromatic N) is 2. The van der Waals surface area contributed by atoms with Crippen molar-refractivity contribution in [3.63, 3.8) is 0 Å². The second-order valence-electron chi connectivity index (χ2n) is 5.55. The van der Waals surface area contributed by atoms with E-state index in [4.69, 9.17) is 0 Å². The van der Waals surface area contributed by atoms with Crippen LogP contribution in [-0.4, -0.2) is 48.5 Å².